The Morgan fingerprint density at radius 3 is 2.80 bits per heavy atom. The second-order valence-electron chi connectivity index (χ2n) is 4.48. The Balaban J connectivity index is 2.34. The molecule has 4 N–H and O–H groups in total. The molecule has 1 aromatic carbocycles. The van der Waals surface area contributed by atoms with Crippen molar-refractivity contribution < 1.29 is 4.79 Å². The van der Waals surface area contributed by atoms with Crippen LogP contribution in [0.25, 0.3) is 21.5 Å². The molecule has 1 amide bonds. The van der Waals surface area contributed by atoms with Crippen LogP contribution in [-0.2, 0) is 0 Å². The highest BCUT2D eigenvalue weighted by Crippen LogP contribution is 2.37. The number of thiophene rings is 1. The Kier molecular flexibility index (Phi) is 2.87. The summed E-state index contributed by atoms with van der Waals surface area (Å²) >= 11 is 1.19. The molecule has 0 unspecified atom stereocenters. The van der Waals surface area contributed by atoms with Crippen molar-refractivity contribution in [2.75, 3.05) is 5.73 Å². The lowest BCUT2D eigenvalue weighted by atomic mass is 10.1. The third-order valence-corrected chi connectivity index (χ3v) is 4.17. The van der Waals surface area contributed by atoms with Crippen molar-refractivity contribution in [3.63, 3.8) is 0 Å². The number of nitrogens with zero attached hydrogens (tertiary/aromatic N) is 2. The molecule has 0 bridgehead atoms. The summed E-state index contributed by atoms with van der Waals surface area (Å²) in [7, 11) is 0. The van der Waals surface area contributed by atoms with Crippen LogP contribution in [-0.4, -0.2) is 15.9 Å². The molecule has 0 aliphatic carbocycles. The van der Waals surface area contributed by atoms with E-state index in [1.807, 2.05) is 31.2 Å². The van der Waals surface area contributed by atoms with Crippen LogP contribution >= 0.6 is 11.3 Å². The maximum absolute atomic E-state index is 11.4. The van der Waals surface area contributed by atoms with Gasteiger partial charge in [0.15, 0.2) is 0 Å². The number of fused-ring (bicyclic) bond motifs is 1. The molecule has 3 aromatic rings. The molecular formula is C14H12N4OS. The number of rotatable bonds is 2. The first-order valence-corrected chi connectivity index (χ1v) is 6.79. The number of benzene rings is 1. The van der Waals surface area contributed by atoms with Gasteiger partial charge < -0.3 is 11.5 Å². The summed E-state index contributed by atoms with van der Waals surface area (Å²) in [5, 5.41) is 0.692. The van der Waals surface area contributed by atoms with Gasteiger partial charge in [0.25, 0.3) is 5.91 Å². The summed E-state index contributed by atoms with van der Waals surface area (Å²) in [5.41, 5.74) is 14.5. The van der Waals surface area contributed by atoms with Crippen LogP contribution < -0.4 is 11.5 Å². The number of amides is 1. The number of anilines is 1. The summed E-state index contributed by atoms with van der Waals surface area (Å²) in [6.45, 7) is 2.01. The van der Waals surface area contributed by atoms with Gasteiger partial charge in [0.1, 0.15) is 16.0 Å². The average molecular weight is 284 g/mol. The molecule has 5 nitrogen and oxygen atoms in total. The molecule has 0 saturated heterocycles. The normalized spacial score (nSPS) is 10.8. The van der Waals surface area contributed by atoms with Gasteiger partial charge in [-0.3, -0.25) is 4.79 Å². The Morgan fingerprint density at radius 2 is 2.10 bits per heavy atom. The fraction of sp³-hybridized carbons (Fsp3) is 0.0714. The van der Waals surface area contributed by atoms with Gasteiger partial charge in [-0.2, -0.15) is 0 Å². The molecule has 3 rings (SSSR count). The van der Waals surface area contributed by atoms with E-state index in [1.54, 1.807) is 0 Å². The highest BCUT2D eigenvalue weighted by atomic mass is 32.1. The minimum atomic E-state index is -0.541. The Bertz CT molecular complexity index is 825. The minimum absolute atomic E-state index is 0.328. The lowest BCUT2D eigenvalue weighted by Crippen LogP contribution is -2.10. The standard InChI is InChI=1S/C14H12N4OS/c1-7-3-2-4-8(5-7)11-9-10(15)12(13(16)19)20-14(9)18-6-17-11/h2-6H,15H2,1H3,(H2,16,19). The van der Waals surface area contributed by atoms with Gasteiger partial charge in [0.05, 0.1) is 16.8 Å². The third-order valence-electron chi connectivity index (χ3n) is 3.04. The van der Waals surface area contributed by atoms with Crippen LogP contribution in [0.1, 0.15) is 15.2 Å². The lowest BCUT2D eigenvalue weighted by Gasteiger charge is -2.04. The highest BCUT2D eigenvalue weighted by Gasteiger charge is 2.18. The van der Waals surface area contributed by atoms with E-state index in [0.717, 1.165) is 16.8 Å². The molecule has 0 aliphatic heterocycles. The van der Waals surface area contributed by atoms with E-state index in [0.29, 0.717) is 20.8 Å². The predicted molar refractivity (Wildman–Crippen MR) is 80.5 cm³/mol. The number of nitrogens with two attached hydrogens (primary N) is 2. The number of carbonyl (C=O) groups is 1. The molecule has 0 atom stereocenters. The zero-order valence-corrected chi connectivity index (χ0v) is 11.6. The van der Waals surface area contributed by atoms with E-state index in [2.05, 4.69) is 9.97 Å². The Labute approximate surface area is 119 Å². The van der Waals surface area contributed by atoms with Gasteiger partial charge in [0, 0.05) is 5.56 Å². The van der Waals surface area contributed by atoms with Crippen molar-refractivity contribution in [2.45, 2.75) is 6.92 Å². The predicted octanol–water partition coefficient (Wildman–Crippen LogP) is 2.35. The van der Waals surface area contributed by atoms with Crippen molar-refractivity contribution in [3.05, 3.63) is 41.0 Å². The van der Waals surface area contributed by atoms with E-state index >= 15 is 0 Å². The van der Waals surface area contributed by atoms with Crippen molar-refractivity contribution in [2.24, 2.45) is 5.73 Å². The number of aryl methyl sites for hydroxylation is 1. The summed E-state index contributed by atoms with van der Waals surface area (Å²) < 4.78 is 0. The quantitative estimate of drug-likeness (QED) is 0.755. The van der Waals surface area contributed by atoms with Crippen molar-refractivity contribution >= 4 is 33.1 Å². The van der Waals surface area contributed by atoms with Crippen LogP contribution in [0.15, 0.2) is 30.6 Å². The van der Waals surface area contributed by atoms with Crippen molar-refractivity contribution in [3.8, 4) is 11.3 Å². The SMILES string of the molecule is Cc1cccc(-c2ncnc3sc(C(N)=O)c(N)c23)c1. The first-order chi connectivity index (χ1) is 9.58. The van der Waals surface area contributed by atoms with Gasteiger partial charge in [-0.1, -0.05) is 23.8 Å². The molecule has 0 fully saturated rings. The highest BCUT2D eigenvalue weighted by molar-refractivity contribution is 7.21. The summed E-state index contributed by atoms with van der Waals surface area (Å²) in [5.74, 6) is -0.541. The summed E-state index contributed by atoms with van der Waals surface area (Å²) in [6, 6.07) is 7.93. The molecule has 6 heteroatoms. The molecule has 0 spiro atoms. The number of primary amides is 1. The fourth-order valence-electron chi connectivity index (χ4n) is 2.15. The van der Waals surface area contributed by atoms with Crippen molar-refractivity contribution in [1.82, 2.24) is 9.97 Å². The zero-order valence-electron chi connectivity index (χ0n) is 10.8. The summed E-state index contributed by atoms with van der Waals surface area (Å²) in [4.78, 5) is 20.9. The monoisotopic (exact) mass is 284 g/mol. The van der Waals surface area contributed by atoms with Crippen LogP contribution in [0, 0.1) is 6.92 Å². The maximum Gasteiger partial charge on any atom is 0.260 e. The molecule has 0 aliphatic rings. The fourth-order valence-corrected chi connectivity index (χ4v) is 3.06. The van der Waals surface area contributed by atoms with Gasteiger partial charge in [0.2, 0.25) is 0 Å². The van der Waals surface area contributed by atoms with E-state index in [-0.39, 0.29) is 0 Å². The van der Waals surface area contributed by atoms with E-state index in [1.165, 1.54) is 17.7 Å². The summed E-state index contributed by atoms with van der Waals surface area (Å²) in [6.07, 6.45) is 1.47. The molecule has 0 radical (unpaired) electrons. The number of hydrogen-bond acceptors (Lipinski definition) is 5. The third kappa shape index (κ3) is 1.90. The molecule has 0 saturated carbocycles. The second-order valence-corrected chi connectivity index (χ2v) is 5.48. The van der Waals surface area contributed by atoms with Crippen LogP contribution in [0.4, 0.5) is 5.69 Å². The molecule has 100 valence electrons. The largest absolute Gasteiger partial charge is 0.397 e. The van der Waals surface area contributed by atoms with Crippen LogP contribution in [0.5, 0.6) is 0 Å². The number of aromatic nitrogens is 2. The minimum Gasteiger partial charge on any atom is -0.397 e. The van der Waals surface area contributed by atoms with E-state index in [4.69, 9.17) is 11.5 Å². The first kappa shape index (κ1) is 12.6. The van der Waals surface area contributed by atoms with Gasteiger partial charge >= 0.3 is 0 Å². The second kappa shape index (κ2) is 4.57. The molecule has 20 heavy (non-hydrogen) atoms. The average Bonchev–Trinajstić information content (AvgIpc) is 2.76. The van der Waals surface area contributed by atoms with Gasteiger partial charge in [-0.05, 0) is 13.0 Å². The first-order valence-electron chi connectivity index (χ1n) is 5.97. The smallest absolute Gasteiger partial charge is 0.260 e. The molecular weight excluding hydrogens is 272 g/mol. The lowest BCUT2D eigenvalue weighted by molar-refractivity contribution is 0.100. The molecule has 2 heterocycles. The Hall–Kier alpha value is -2.47. The van der Waals surface area contributed by atoms with Crippen LogP contribution in [0.2, 0.25) is 0 Å². The Morgan fingerprint density at radius 1 is 1.30 bits per heavy atom. The van der Waals surface area contributed by atoms with E-state index < -0.39 is 5.91 Å². The number of nitrogen functional groups attached to an aromatic ring is 1. The topological polar surface area (TPSA) is 94.9 Å². The van der Waals surface area contributed by atoms with E-state index in [9.17, 15) is 4.79 Å². The van der Waals surface area contributed by atoms with Gasteiger partial charge in [-0.15, -0.1) is 11.3 Å². The maximum atomic E-state index is 11.4. The zero-order chi connectivity index (χ0) is 14.3. The number of hydrogen-bond donors (Lipinski definition) is 2. The number of carbonyl (C=O) groups excluding carboxylic acids is 1. The van der Waals surface area contributed by atoms with Crippen LogP contribution in [0.3, 0.4) is 0 Å². The van der Waals surface area contributed by atoms with Crippen molar-refractivity contribution in [1.29, 1.82) is 0 Å². The van der Waals surface area contributed by atoms with Gasteiger partial charge in [-0.25, -0.2) is 9.97 Å². The molecule has 2 aromatic heterocycles.